The molecule has 0 atom stereocenters. The Kier molecular flexibility index (Phi) is 3.85. The summed E-state index contributed by atoms with van der Waals surface area (Å²) in [5, 5.41) is -0.455. The summed E-state index contributed by atoms with van der Waals surface area (Å²) >= 11 is 0. The molecule has 1 saturated heterocycles. The molecule has 0 spiro atoms. The van der Waals surface area contributed by atoms with Crippen molar-refractivity contribution in [3.8, 4) is 0 Å². The fourth-order valence-corrected chi connectivity index (χ4v) is 5.71. The molecular weight excluding hydrogens is 302 g/mol. The summed E-state index contributed by atoms with van der Waals surface area (Å²) in [5.41, 5.74) is 0. The zero-order valence-electron chi connectivity index (χ0n) is 11.4. The third-order valence-electron chi connectivity index (χ3n) is 4.28. The van der Waals surface area contributed by atoms with Crippen LogP contribution < -0.4 is 0 Å². The highest BCUT2D eigenvalue weighted by atomic mass is 32.2. The molecule has 3 fully saturated rings. The van der Waals surface area contributed by atoms with Gasteiger partial charge in [0, 0.05) is 13.1 Å². The summed E-state index contributed by atoms with van der Waals surface area (Å²) in [6, 6.07) is 0. The monoisotopic (exact) mass is 323 g/mol. The van der Waals surface area contributed by atoms with Gasteiger partial charge in [-0.05, 0) is 44.4 Å². The van der Waals surface area contributed by atoms with E-state index in [0.717, 1.165) is 12.8 Å². The lowest BCUT2D eigenvalue weighted by Crippen LogP contribution is -2.41. The second-order valence-corrected chi connectivity index (χ2v) is 10.2. The maximum atomic E-state index is 12.1. The first kappa shape index (κ1) is 14.7. The molecule has 20 heavy (non-hydrogen) atoms. The van der Waals surface area contributed by atoms with Gasteiger partial charge in [-0.15, -0.1) is 0 Å². The van der Waals surface area contributed by atoms with E-state index >= 15 is 0 Å². The van der Waals surface area contributed by atoms with Crippen molar-refractivity contribution < 1.29 is 21.0 Å². The Morgan fingerprint density at radius 1 is 0.850 bits per heavy atom. The number of rotatable bonds is 6. The van der Waals surface area contributed by atoms with Gasteiger partial charge < -0.3 is 0 Å². The van der Waals surface area contributed by atoms with Gasteiger partial charge in [0.2, 0.25) is 10.0 Å². The van der Waals surface area contributed by atoms with Crippen LogP contribution in [0.5, 0.6) is 0 Å². The molecule has 8 heteroatoms. The molecule has 0 radical (unpaired) electrons. The third kappa shape index (κ3) is 3.18. The smallest absolute Gasteiger partial charge is 0.270 e. The SMILES string of the molecule is O=S(=O)(OCC1CCN(S(=O)(=O)C2CC2)CC1)C1CC1. The van der Waals surface area contributed by atoms with Crippen molar-refractivity contribution >= 4 is 20.1 Å². The quantitative estimate of drug-likeness (QED) is 0.672. The highest BCUT2D eigenvalue weighted by Crippen LogP contribution is 2.34. The van der Waals surface area contributed by atoms with Crippen molar-refractivity contribution in [2.45, 2.75) is 49.0 Å². The highest BCUT2D eigenvalue weighted by Gasteiger charge is 2.41. The molecule has 1 aliphatic heterocycles. The third-order valence-corrected chi connectivity index (χ3v) is 8.43. The molecule has 1 heterocycles. The van der Waals surface area contributed by atoms with Crippen molar-refractivity contribution in [2.75, 3.05) is 19.7 Å². The molecule has 3 aliphatic rings. The molecule has 116 valence electrons. The van der Waals surface area contributed by atoms with Crippen LogP contribution in [0.15, 0.2) is 0 Å². The fourth-order valence-electron chi connectivity index (χ4n) is 2.55. The van der Waals surface area contributed by atoms with Crippen LogP contribution in [0.4, 0.5) is 0 Å². The van der Waals surface area contributed by atoms with E-state index in [4.69, 9.17) is 4.18 Å². The predicted octanol–water partition coefficient (Wildman–Crippen LogP) is 0.699. The summed E-state index contributed by atoms with van der Waals surface area (Å²) in [6.07, 6.45) is 4.36. The van der Waals surface area contributed by atoms with Gasteiger partial charge in [0.15, 0.2) is 0 Å². The Bertz CT molecular complexity index is 555. The summed E-state index contributed by atoms with van der Waals surface area (Å²) in [5.74, 6) is 0.147. The van der Waals surface area contributed by atoms with Gasteiger partial charge in [0.1, 0.15) is 0 Å². The molecule has 0 unspecified atom stereocenters. The van der Waals surface area contributed by atoms with E-state index in [0.29, 0.717) is 38.8 Å². The zero-order valence-corrected chi connectivity index (χ0v) is 13.0. The number of piperidine rings is 1. The van der Waals surface area contributed by atoms with E-state index in [-0.39, 0.29) is 23.0 Å². The number of nitrogens with zero attached hydrogens (tertiary/aromatic N) is 1. The molecule has 2 aliphatic carbocycles. The summed E-state index contributed by atoms with van der Waals surface area (Å²) < 4.78 is 54.0. The molecule has 0 aromatic carbocycles. The van der Waals surface area contributed by atoms with E-state index in [9.17, 15) is 16.8 Å². The van der Waals surface area contributed by atoms with Gasteiger partial charge in [-0.3, -0.25) is 4.18 Å². The van der Waals surface area contributed by atoms with E-state index < -0.39 is 20.1 Å². The average Bonchev–Trinajstić information content (AvgIpc) is 3.29. The first-order chi connectivity index (χ1) is 9.39. The number of hydrogen-bond acceptors (Lipinski definition) is 5. The van der Waals surface area contributed by atoms with Crippen LogP contribution in [-0.2, 0) is 24.3 Å². The largest absolute Gasteiger partial charge is 0.270 e. The van der Waals surface area contributed by atoms with Crippen molar-refractivity contribution in [2.24, 2.45) is 5.92 Å². The lowest BCUT2D eigenvalue weighted by atomic mass is 10.00. The number of hydrogen-bond donors (Lipinski definition) is 0. The average molecular weight is 323 g/mol. The minimum Gasteiger partial charge on any atom is -0.270 e. The molecule has 2 saturated carbocycles. The van der Waals surface area contributed by atoms with Gasteiger partial charge in [0.05, 0.1) is 17.1 Å². The molecule has 3 rings (SSSR count). The van der Waals surface area contributed by atoms with Crippen LogP contribution in [-0.4, -0.2) is 51.3 Å². The van der Waals surface area contributed by atoms with Crippen LogP contribution in [0.1, 0.15) is 38.5 Å². The Morgan fingerprint density at radius 3 is 1.90 bits per heavy atom. The summed E-state index contributed by atoms with van der Waals surface area (Å²) in [7, 11) is -6.45. The fraction of sp³-hybridized carbons (Fsp3) is 1.00. The first-order valence-electron chi connectivity index (χ1n) is 7.27. The van der Waals surface area contributed by atoms with E-state index in [1.807, 2.05) is 0 Å². The Hall–Kier alpha value is -0.180. The molecule has 0 amide bonds. The Morgan fingerprint density at radius 2 is 1.40 bits per heavy atom. The van der Waals surface area contributed by atoms with E-state index in [1.165, 1.54) is 0 Å². The molecule has 0 aromatic heterocycles. The maximum Gasteiger partial charge on any atom is 0.270 e. The summed E-state index contributed by atoms with van der Waals surface area (Å²) in [6.45, 7) is 1.20. The van der Waals surface area contributed by atoms with Crippen molar-refractivity contribution in [3.63, 3.8) is 0 Å². The highest BCUT2D eigenvalue weighted by molar-refractivity contribution is 7.90. The van der Waals surface area contributed by atoms with Crippen LogP contribution in [0, 0.1) is 5.92 Å². The normalized spacial score (nSPS) is 26.8. The van der Waals surface area contributed by atoms with Gasteiger partial charge in [-0.1, -0.05) is 0 Å². The first-order valence-corrected chi connectivity index (χ1v) is 10.2. The molecule has 0 N–H and O–H groups in total. The molecular formula is C12H21NO5S2. The predicted molar refractivity (Wildman–Crippen MR) is 74.1 cm³/mol. The Balaban J connectivity index is 1.46. The second kappa shape index (κ2) is 5.23. The number of sulfonamides is 1. The van der Waals surface area contributed by atoms with Crippen molar-refractivity contribution in [1.29, 1.82) is 0 Å². The van der Waals surface area contributed by atoms with Gasteiger partial charge in [0.25, 0.3) is 10.1 Å². The van der Waals surface area contributed by atoms with Gasteiger partial charge >= 0.3 is 0 Å². The standard InChI is InChI=1S/C12H21NO5S2/c14-19(15,11-1-2-11)13-7-5-10(6-8-13)9-18-20(16,17)12-3-4-12/h10-12H,1-9H2. The van der Waals surface area contributed by atoms with Gasteiger partial charge in [-0.25, -0.2) is 12.7 Å². The lowest BCUT2D eigenvalue weighted by molar-refractivity contribution is 0.189. The van der Waals surface area contributed by atoms with Crippen molar-refractivity contribution in [1.82, 2.24) is 4.31 Å². The molecule has 6 nitrogen and oxygen atoms in total. The maximum absolute atomic E-state index is 12.1. The topological polar surface area (TPSA) is 80.8 Å². The zero-order chi connectivity index (χ0) is 14.4. The van der Waals surface area contributed by atoms with E-state index in [2.05, 4.69) is 0 Å². The van der Waals surface area contributed by atoms with Crippen LogP contribution in [0.25, 0.3) is 0 Å². The van der Waals surface area contributed by atoms with Gasteiger partial charge in [-0.2, -0.15) is 8.42 Å². The lowest BCUT2D eigenvalue weighted by Gasteiger charge is -2.30. The van der Waals surface area contributed by atoms with Crippen molar-refractivity contribution in [3.05, 3.63) is 0 Å². The van der Waals surface area contributed by atoms with Crippen LogP contribution >= 0.6 is 0 Å². The minimum atomic E-state index is -3.36. The second-order valence-electron chi connectivity index (χ2n) is 6.06. The summed E-state index contributed by atoms with van der Waals surface area (Å²) in [4.78, 5) is 0. The van der Waals surface area contributed by atoms with Crippen LogP contribution in [0.3, 0.4) is 0 Å². The van der Waals surface area contributed by atoms with Crippen LogP contribution in [0.2, 0.25) is 0 Å². The molecule has 0 aromatic rings. The van der Waals surface area contributed by atoms with E-state index in [1.54, 1.807) is 4.31 Å². The minimum absolute atomic E-state index is 0.147. The molecule has 0 bridgehead atoms. The Labute approximate surface area is 120 Å².